The SMILES string of the molecule is Cc1cnc(Oc2cccc3ncccc23)c(Br)c1. The van der Waals surface area contributed by atoms with E-state index in [1.165, 1.54) is 0 Å². The minimum atomic E-state index is 0.557. The molecular weight excluding hydrogens is 304 g/mol. The first-order chi connectivity index (χ1) is 9.24. The lowest BCUT2D eigenvalue weighted by Gasteiger charge is -2.09. The Morgan fingerprint density at radius 2 is 2.00 bits per heavy atom. The molecule has 0 saturated carbocycles. The summed E-state index contributed by atoms with van der Waals surface area (Å²) in [5.74, 6) is 1.31. The van der Waals surface area contributed by atoms with E-state index in [9.17, 15) is 0 Å². The lowest BCUT2D eigenvalue weighted by molar-refractivity contribution is 0.464. The summed E-state index contributed by atoms with van der Waals surface area (Å²) in [4.78, 5) is 8.60. The first-order valence-corrected chi connectivity index (χ1v) is 6.67. The quantitative estimate of drug-likeness (QED) is 0.699. The largest absolute Gasteiger partial charge is 0.437 e. The van der Waals surface area contributed by atoms with E-state index >= 15 is 0 Å². The van der Waals surface area contributed by atoms with Crippen molar-refractivity contribution in [3.8, 4) is 11.6 Å². The molecule has 0 fully saturated rings. The lowest BCUT2D eigenvalue weighted by atomic mass is 10.2. The van der Waals surface area contributed by atoms with Gasteiger partial charge in [0, 0.05) is 17.8 Å². The second-order valence-corrected chi connectivity index (χ2v) is 5.08. The maximum Gasteiger partial charge on any atom is 0.233 e. The third-order valence-electron chi connectivity index (χ3n) is 2.76. The van der Waals surface area contributed by atoms with Gasteiger partial charge < -0.3 is 4.74 Å². The fourth-order valence-corrected chi connectivity index (χ4v) is 2.41. The topological polar surface area (TPSA) is 35.0 Å². The number of aromatic nitrogens is 2. The van der Waals surface area contributed by atoms with Crippen LogP contribution in [-0.4, -0.2) is 9.97 Å². The molecule has 0 radical (unpaired) electrons. The van der Waals surface area contributed by atoms with Crippen molar-refractivity contribution >= 4 is 26.8 Å². The molecule has 3 aromatic rings. The average molecular weight is 315 g/mol. The Labute approximate surface area is 119 Å². The van der Waals surface area contributed by atoms with Gasteiger partial charge in [-0.1, -0.05) is 6.07 Å². The minimum absolute atomic E-state index is 0.557. The van der Waals surface area contributed by atoms with E-state index in [4.69, 9.17) is 4.74 Å². The molecule has 0 aliphatic heterocycles. The number of hydrogen-bond donors (Lipinski definition) is 0. The highest BCUT2D eigenvalue weighted by Gasteiger charge is 2.07. The maximum absolute atomic E-state index is 5.88. The highest BCUT2D eigenvalue weighted by atomic mass is 79.9. The van der Waals surface area contributed by atoms with Crippen molar-refractivity contribution < 1.29 is 4.74 Å². The van der Waals surface area contributed by atoms with E-state index < -0.39 is 0 Å². The molecular formula is C15H11BrN2O. The number of hydrogen-bond acceptors (Lipinski definition) is 3. The van der Waals surface area contributed by atoms with E-state index in [1.54, 1.807) is 12.4 Å². The number of rotatable bonds is 2. The van der Waals surface area contributed by atoms with E-state index in [-0.39, 0.29) is 0 Å². The minimum Gasteiger partial charge on any atom is -0.437 e. The van der Waals surface area contributed by atoms with Crippen molar-refractivity contribution in [1.82, 2.24) is 9.97 Å². The Bertz CT molecular complexity index is 738. The fraction of sp³-hybridized carbons (Fsp3) is 0.0667. The summed E-state index contributed by atoms with van der Waals surface area (Å²) in [6.45, 7) is 1.99. The molecule has 0 bridgehead atoms. The van der Waals surface area contributed by atoms with Gasteiger partial charge in [-0.3, -0.25) is 4.98 Å². The van der Waals surface area contributed by atoms with Crippen LogP contribution in [-0.2, 0) is 0 Å². The van der Waals surface area contributed by atoms with Gasteiger partial charge in [0.15, 0.2) is 0 Å². The van der Waals surface area contributed by atoms with Crippen LogP contribution in [0, 0.1) is 6.92 Å². The zero-order valence-electron chi connectivity index (χ0n) is 10.3. The molecule has 1 aromatic carbocycles. The van der Waals surface area contributed by atoms with Crippen LogP contribution < -0.4 is 4.74 Å². The van der Waals surface area contributed by atoms with Gasteiger partial charge in [0.25, 0.3) is 0 Å². The molecule has 2 aromatic heterocycles. The first-order valence-electron chi connectivity index (χ1n) is 5.88. The Morgan fingerprint density at radius 3 is 2.84 bits per heavy atom. The molecule has 3 nitrogen and oxygen atoms in total. The Balaban J connectivity index is 2.06. The van der Waals surface area contributed by atoms with Gasteiger partial charge in [0.2, 0.25) is 5.88 Å². The zero-order chi connectivity index (χ0) is 13.2. The third kappa shape index (κ3) is 2.44. The van der Waals surface area contributed by atoms with Crippen LogP contribution in [0.25, 0.3) is 10.9 Å². The second kappa shape index (κ2) is 4.97. The zero-order valence-corrected chi connectivity index (χ0v) is 11.9. The van der Waals surface area contributed by atoms with Crippen LogP contribution in [0.3, 0.4) is 0 Å². The standard InChI is InChI=1S/C15H11BrN2O/c1-10-8-12(16)15(18-9-10)19-14-6-2-5-13-11(14)4-3-7-17-13/h2-9H,1H3. The molecule has 19 heavy (non-hydrogen) atoms. The van der Waals surface area contributed by atoms with E-state index in [2.05, 4.69) is 25.9 Å². The van der Waals surface area contributed by atoms with Crippen LogP contribution in [0.1, 0.15) is 5.56 Å². The highest BCUT2D eigenvalue weighted by Crippen LogP contribution is 2.31. The summed E-state index contributed by atoms with van der Waals surface area (Å²) >= 11 is 3.47. The normalized spacial score (nSPS) is 10.6. The molecule has 94 valence electrons. The number of aryl methyl sites for hydroxylation is 1. The smallest absolute Gasteiger partial charge is 0.233 e. The predicted molar refractivity (Wildman–Crippen MR) is 78.5 cm³/mol. The van der Waals surface area contributed by atoms with Crippen molar-refractivity contribution in [2.24, 2.45) is 0 Å². The highest BCUT2D eigenvalue weighted by molar-refractivity contribution is 9.10. The summed E-state index contributed by atoms with van der Waals surface area (Å²) in [6, 6.07) is 11.7. The van der Waals surface area contributed by atoms with Gasteiger partial charge >= 0.3 is 0 Å². The molecule has 4 heteroatoms. The average Bonchev–Trinajstić information content (AvgIpc) is 2.42. The molecule has 0 unspecified atom stereocenters. The van der Waals surface area contributed by atoms with Gasteiger partial charge in [-0.15, -0.1) is 0 Å². The molecule has 2 heterocycles. The molecule has 0 atom stereocenters. The van der Waals surface area contributed by atoms with E-state index in [1.807, 2.05) is 43.3 Å². The van der Waals surface area contributed by atoms with Crippen LogP contribution >= 0.6 is 15.9 Å². The van der Waals surface area contributed by atoms with Crippen molar-refractivity contribution in [2.75, 3.05) is 0 Å². The van der Waals surface area contributed by atoms with Gasteiger partial charge in [0.1, 0.15) is 5.75 Å². The number of benzene rings is 1. The van der Waals surface area contributed by atoms with Crippen molar-refractivity contribution in [1.29, 1.82) is 0 Å². The number of pyridine rings is 2. The van der Waals surface area contributed by atoms with Gasteiger partial charge in [-0.2, -0.15) is 0 Å². The molecule has 0 amide bonds. The fourth-order valence-electron chi connectivity index (χ4n) is 1.86. The number of nitrogens with zero attached hydrogens (tertiary/aromatic N) is 2. The van der Waals surface area contributed by atoms with Crippen LogP contribution in [0.2, 0.25) is 0 Å². The van der Waals surface area contributed by atoms with Gasteiger partial charge in [-0.25, -0.2) is 4.98 Å². The lowest BCUT2D eigenvalue weighted by Crippen LogP contribution is -1.91. The molecule has 0 saturated heterocycles. The van der Waals surface area contributed by atoms with Gasteiger partial charge in [-0.05, 0) is 58.7 Å². The van der Waals surface area contributed by atoms with Crippen molar-refractivity contribution in [2.45, 2.75) is 6.92 Å². The van der Waals surface area contributed by atoms with Crippen LogP contribution in [0.4, 0.5) is 0 Å². The Kier molecular flexibility index (Phi) is 3.17. The summed E-state index contributed by atoms with van der Waals surface area (Å²) in [5.41, 5.74) is 1.99. The van der Waals surface area contributed by atoms with Crippen molar-refractivity contribution in [3.63, 3.8) is 0 Å². The monoisotopic (exact) mass is 314 g/mol. The van der Waals surface area contributed by atoms with Crippen LogP contribution in [0.5, 0.6) is 11.6 Å². The van der Waals surface area contributed by atoms with Crippen molar-refractivity contribution in [3.05, 3.63) is 58.8 Å². The molecule has 0 spiro atoms. The summed E-state index contributed by atoms with van der Waals surface area (Å²) in [5, 5.41) is 0.972. The Morgan fingerprint density at radius 1 is 1.11 bits per heavy atom. The third-order valence-corrected chi connectivity index (χ3v) is 3.32. The summed E-state index contributed by atoms with van der Waals surface area (Å²) in [6.07, 6.45) is 3.55. The predicted octanol–water partition coefficient (Wildman–Crippen LogP) is 4.49. The summed E-state index contributed by atoms with van der Waals surface area (Å²) < 4.78 is 6.72. The van der Waals surface area contributed by atoms with Crippen LogP contribution in [0.15, 0.2) is 53.3 Å². The number of halogens is 1. The maximum atomic E-state index is 5.88. The molecule has 0 aliphatic carbocycles. The second-order valence-electron chi connectivity index (χ2n) is 4.23. The Hall–Kier alpha value is -1.94. The number of fused-ring (bicyclic) bond motifs is 1. The first kappa shape index (κ1) is 12.1. The number of ether oxygens (including phenoxy) is 1. The van der Waals surface area contributed by atoms with E-state index in [0.717, 1.165) is 26.7 Å². The summed E-state index contributed by atoms with van der Waals surface area (Å²) in [7, 11) is 0. The van der Waals surface area contributed by atoms with Gasteiger partial charge in [0.05, 0.1) is 9.99 Å². The molecule has 3 rings (SSSR count). The molecule has 0 N–H and O–H groups in total. The van der Waals surface area contributed by atoms with E-state index in [0.29, 0.717) is 5.88 Å². The molecule has 0 aliphatic rings.